The van der Waals surface area contributed by atoms with Gasteiger partial charge in [0.15, 0.2) is 0 Å². The lowest BCUT2D eigenvalue weighted by Crippen LogP contribution is -2.23. The summed E-state index contributed by atoms with van der Waals surface area (Å²) in [7, 11) is 0. The molecule has 0 aliphatic heterocycles. The maximum absolute atomic E-state index is 12.6. The van der Waals surface area contributed by atoms with Crippen molar-refractivity contribution in [2.45, 2.75) is 25.6 Å². The maximum Gasteiger partial charge on any atom is 0.416 e. The molecule has 0 fully saturated rings. The molecule has 1 atom stereocenters. The van der Waals surface area contributed by atoms with E-state index in [-0.39, 0.29) is 6.04 Å². The van der Waals surface area contributed by atoms with Gasteiger partial charge in [0.1, 0.15) is 0 Å². The third kappa shape index (κ3) is 5.75. The molecular weight excluding hydrogens is 267 g/mol. The first-order valence-electron chi connectivity index (χ1n) is 6.54. The summed E-state index contributed by atoms with van der Waals surface area (Å²) in [6, 6.07) is 5.22. The lowest BCUT2D eigenvalue weighted by Gasteiger charge is -2.16. The van der Waals surface area contributed by atoms with Crippen LogP contribution in [0.3, 0.4) is 0 Å². The molecule has 0 saturated carbocycles. The van der Waals surface area contributed by atoms with E-state index in [0.717, 1.165) is 12.5 Å². The van der Waals surface area contributed by atoms with Crippen LogP contribution in [0.15, 0.2) is 36.9 Å². The van der Waals surface area contributed by atoms with Crippen LogP contribution in [0, 0.1) is 0 Å². The van der Waals surface area contributed by atoms with Gasteiger partial charge in [0.05, 0.1) is 18.8 Å². The fourth-order valence-corrected chi connectivity index (χ4v) is 1.72. The van der Waals surface area contributed by atoms with Crippen LogP contribution in [0.2, 0.25) is 0 Å². The summed E-state index contributed by atoms with van der Waals surface area (Å²) in [5, 5.41) is 3.14. The monoisotopic (exact) mass is 287 g/mol. The van der Waals surface area contributed by atoms with Crippen molar-refractivity contribution >= 4 is 0 Å². The molecule has 5 heteroatoms. The summed E-state index contributed by atoms with van der Waals surface area (Å²) >= 11 is 0. The topological polar surface area (TPSA) is 21.3 Å². The van der Waals surface area contributed by atoms with E-state index in [4.69, 9.17) is 4.74 Å². The predicted octanol–water partition coefficient (Wildman–Crippen LogP) is 3.95. The molecule has 0 amide bonds. The van der Waals surface area contributed by atoms with Crippen molar-refractivity contribution < 1.29 is 17.9 Å². The Labute approximate surface area is 117 Å². The molecule has 112 valence electrons. The van der Waals surface area contributed by atoms with Gasteiger partial charge in [0, 0.05) is 12.6 Å². The summed E-state index contributed by atoms with van der Waals surface area (Å²) in [4.78, 5) is 0. The average molecular weight is 287 g/mol. The molecule has 1 rings (SSSR count). The normalized spacial score (nSPS) is 13.2. The number of ether oxygens (including phenoxy) is 1. The summed E-state index contributed by atoms with van der Waals surface area (Å²) in [6.45, 7) is 7.15. The first kappa shape index (κ1) is 16.7. The fraction of sp³-hybridized carbons (Fsp3) is 0.467. The van der Waals surface area contributed by atoms with Gasteiger partial charge in [-0.15, -0.1) is 6.58 Å². The first-order valence-corrected chi connectivity index (χ1v) is 6.54. The zero-order valence-corrected chi connectivity index (χ0v) is 11.5. The van der Waals surface area contributed by atoms with Gasteiger partial charge in [-0.3, -0.25) is 0 Å². The van der Waals surface area contributed by atoms with Gasteiger partial charge in [0.2, 0.25) is 0 Å². The van der Waals surface area contributed by atoms with E-state index >= 15 is 0 Å². The highest BCUT2D eigenvalue weighted by Crippen LogP contribution is 2.30. The number of halogens is 3. The van der Waals surface area contributed by atoms with E-state index in [1.807, 2.05) is 6.92 Å². The Hall–Kier alpha value is -1.33. The summed E-state index contributed by atoms with van der Waals surface area (Å²) in [6.07, 6.45) is -1.73. The van der Waals surface area contributed by atoms with Crippen LogP contribution in [0.1, 0.15) is 30.5 Å². The Morgan fingerprint density at radius 2 is 2.10 bits per heavy atom. The number of rotatable bonds is 8. The van der Waals surface area contributed by atoms with Gasteiger partial charge < -0.3 is 10.1 Å². The number of alkyl halides is 3. The minimum Gasteiger partial charge on any atom is -0.380 e. The third-order valence-corrected chi connectivity index (χ3v) is 2.88. The van der Waals surface area contributed by atoms with Crippen molar-refractivity contribution in [2.24, 2.45) is 0 Å². The second kappa shape index (κ2) is 8.07. The molecule has 20 heavy (non-hydrogen) atoms. The molecule has 0 aliphatic rings. The second-order valence-electron chi connectivity index (χ2n) is 4.49. The average Bonchev–Trinajstić information content (AvgIpc) is 2.41. The zero-order valence-electron chi connectivity index (χ0n) is 11.5. The van der Waals surface area contributed by atoms with Crippen molar-refractivity contribution in [3.05, 3.63) is 48.0 Å². The number of hydrogen-bond acceptors (Lipinski definition) is 2. The van der Waals surface area contributed by atoms with Crippen LogP contribution >= 0.6 is 0 Å². The SMILES string of the molecule is C=CCCOCCNC(C)c1cccc(C(F)(F)F)c1. The lowest BCUT2D eigenvalue weighted by atomic mass is 10.0. The maximum atomic E-state index is 12.6. The van der Waals surface area contributed by atoms with Crippen molar-refractivity contribution in [3.63, 3.8) is 0 Å². The van der Waals surface area contributed by atoms with Crippen molar-refractivity contribution in [1.82, 2.24) is 5.32 Å². The molecule has 1 aromatic carbocycles. The highest BCUT2D eigenvalue weighted by molar-refractivity contribution is 5.27. The molecule has 0 bridgehead atoms. The molecular formula is C15H20F3NO. The second-order valence-corrected chi connectivity index (χ2v) is 4.49. The molecule has 1 unspecified atom stereocenters. The predicted molar refractivity (Wildman–Crippen MR) is 73.5 cm³/mol. The highest BCUT2D eigenvalue weighted by atomic mass is 19.4. The largest absolute Gasteiger partial charge is 0.416 e. The van der Waals surface area contributed by atoms with E-state index in [0.29, 0.717) is 25.3 Å². The van der Waals surface area contributed by atoms with Gasteiger partial charge in [-0.25, -0.2) is 0 Å². The van der Waals surface area contributed by atoms with E-state index < -0.39 is 11.7 Å². The van der Waals surface area contributed by atoms with E-state index in [2.05, 4.69) is 11.9 Å². The zero-order chi connectivity index (χ0) is 15.0. The van der Waals surface area contributed by atoms with Gasteiger partial charge in [0.25, 0.3) is 0 Å². The molecule has 2 nitrogen and oxygen atoms in total. The Bertz CT molecular complexity index is 418. The van der Waals surface area contributed by atoms with Crippen LogP contribution in [0.4, 0.5) is 13.2 Å². The molecule has 0 aliphatic carbocycles. The van der Waals surface area contributed by atoms with E-state index in [9.17, 15) is 13.2 Å². The molecule has 0 saturated heterocycles. The Morgan fingerprint density at radius 3 is 2.75 bits per heavy atom. The van der Waals surface area contributed by atoms with Gasteiger partial charge in [-0.05, 0) is 31.0 Å². The summed E-state index contributed by atoms with van der Waals surface area (Å²) in [5.41, 5.74) is -0.00296. The molecule has 0 radical (unpaired) electrons. The van der Waals surface area contributed by atoms with Gasteiger partial charge >= 0.3 is 6.18 Å². The lowest BCUT2D eigenvalue weighted by molar-refractivity contribution is -0.137. The number of benzene rings is 1. The molecule has 1 aromatic rings. The highest BCUT2D eigenvalue weighted by Gasteiger charge is 2.30. The molecule has 1 N–H and O–H groups in total. The summed E-state index contributed by atoms with van der Waals surface area (Å²) in [5.74, 6) is 0. The minimum atomic E-state index is -4.30. The van der Waals surface area contributed by atoms with Crippen LogP contribution in [-0.4, -0.2) is 19.8 Å². The van der Waals surface area contributed by atoms with Crippen molar-refractivity contribution in [3.8, 4) is 0 Å². The quantitative estimate of drug-likeness (QED) is 0.577. The Kier molecular flexibility index (Phi) is 6.75. The van der Waals surface area contributed by atoms with Gasteiger partial charge in [-0.2, -0.15) is 13.2 Å². The van der Waals surface area contributed by atoms with Crippen LogP contribution in [0.5, 0.6) is 0 Å². The first-order chi connectivity index (χ1) is 9.45. The smallest absolute Gasteiger partial charge is 0.380 e. The Morgan fingerprint density at radius 1 is 1.35 bits per heavy atom. The number of nitrogens with one attached hydrogen (secondary N) is 1. The third-order valence-electron chi connectivity index (χ3n) is 2.88. The van der Waals surface area contributed by atoms with Crippen molar-refractivity contribution in [2.75, 3.05) is 19.8 Å². The minimum absolute atomic E-state index is 0.152. The van der Waals surface area contributed by atoms with Crippen molar-refractivity contribution in [1.29, 1.82) is 0 Å². The van der Waals surface area contributed by atoms with Crippen LogP contribution in [-0.2, 0) is 10.9 Å². The standard InChI is InChI=1S/C15H20F3NO/c1-3-4-9-20-10-8-19-12(2)13-6-5-7-14(11-13)15(16,17)18/h3,5-7,11-12,19H,1,4,8-10H2,2H3. The van der Waals surface area contributed by atoms with Crippen LogP contribution in [0.25, 0.3) is 0 Å². The Balaban J connectivity index is 2.43. The molecule has 0 aromatic heterocycles. The molecule has 0 spiro atoms. The van der Waals surface area contributed by atoms with Crippen LogP contribution < -0.4 is 5.32 Å². The number of hydrogen-bond donors (Lipinski definition) is 1. The van der Waals surface area contributed by atoms with E-state index in [1.165, 1.54) is 12.1 Å². The van der Waals surface area contributed by atoms with Gasteiger partial charge in [-0.1, -0.05) is 18.2 Å². The van der Waals surface area contributed by atoms with E-state index in [1.54, 1.807) is 12.1 Å². The summed E-state index contributed by atoms with van der Waals surface area (Å²) < 4.78 is 43.1. The molecule has 0 heterocycles. The fourth-order valence-electron chi connectivity index (χ4n) is 1.72.